The predicted octanol–water partition coefficient (Wildman–Crippen LogP) is 1.46. The number of hydrogen-bond acceptors (Lipinski definition) is 1. The molecule has 0 aromatic heterocycles. The van der Waals surface area contributed by atoms with Gasteiger partial charge in [0, 0.05) is 0 Å². The first kappa shape index (κ1) is 8.37. The number of hydrogen-bond donors (Lipinski definition) is 0. The number of rotatable bonds is 1. The minimum absolute atomic E-state index is 0.137. The molecule has 0 fully saturated rings. The van der Waals surface area contributed by atoms with Crippen LogP contribution in [-0.4, -0.2) is 27.3 Å². The first-order valence-electron chi connectivity index (χ1n) is 1.41. The molecule has 0 aliphatic rings. The molecule has 0 bridgehead atoms. The average molecular weight is 221 g/mol. The summed E-state index contributed by atoms with van der Waals surface area (Å²) in [5, 5.41) is 0. The second-order valence-corrected chi connectivity index (χ2v) is 4.03. The molecule has 0 aliphatic carbocycles. The van der Waals surface area contributed by atoms with Crippen LogP contribution in [0.4, 0.5) is 0 Å². The quantitative estimate of drug-likeness (QED) is 0.481. The fourth-order valence-corrected chi connectivity index (χ4v) is 1.28. The van der Waals surface area contributed by atoms with Crippen LogP contribution in [0.3, 0.4) is 0 Å². The molecule has 5 heteroatoms. The Kier molecular flexibility index (Phi) is 4.08. The van der Waals surface area contributed by atoms with Crippen molar-refractivity contribution in [1.29, 1.82) is 0 Å². The van der Waals surface area contributed by atoms with Crippen molar-refractivity contribution in [3.63, 3.8) is 0 Å². The van der Waals surface area contributed by atoms with Crippen LogP contribution in [0.1, 0.15) is 0 Å². The van der Waals surface area contributed by atoms with Gasteiger partial charge in [-0.1, -0.05) is 0 Å². The Morgan fingerprint density at radius 1 is 1.43 bits per heavy atom. The molecule has 3 radical (unpaired) electrons. The van der Waals surface area contributed by atoms with Gasteiger partial charge in [-0.2, -0.15) is 0 Å². The van der Waals surface area contributed by atoms with Crippen LogP contribution in [0.2, 0.25) is 0 Å². The van der Waals surface area contributed by atoms with E-state index in [1.54, 1.807) is 0 Å². The molecular formula is C2H2Cl3GeO. The molecule has 0 saturated heterocycles. The molecule has 0 unspecified atom stereocenters. The predicted molar refractivity (Wildman–Crippen MR) is 32.0 cm³/mol. The summed E-state index contributed by atoms with van der Waals surface area (Å²) in [6.45, 7) is 0.137. The van der Waals surface area contributed by atoms with E-state index >= 15 is 0 Å². The standard InChI is InChI=1S/C2H2Cl3GeO/c3-2(4,5)1-7-6/h1H2. The third kappa shape index (κ3) is 7.37. The fraction of sp³-hybridized carbons (Fsp3) is 1.00. The summed E-state index contributed by atoms with van der Waals surface area (Å²) in [5.74, 6) is 0. The molecule has 0 saturated carbocycles. The Labute approximate surface area is 65.8 Å². The summed E-state index contributed by atoms with van der Waals surface area (Å²) in [7, 11) is 0. The number of halogens is 3. The molecule has 0 aromatic rings. The van der Waals surface area contributed by atoms with Gasteiger partial charge in [-0.3, -0.25) is 0 Å². The summed E-state index contributed by atoms with van der Waals surface area (Å²) in [6, 6.07) is 0. The van der Waals surface area contributed by atoms with Crippen LogP contribution in [-0.2, 0) is 3.76 Å². The zero-order chi connectivity index (χ0) is 5.91. The van der Waals surface area contributed by atoms with Gasteiger partial charge in [0.1, 0.15) is 0 Å². The Balaban J connectivity index is 3.15. The van der Waals surface area contributed by atoms with E-state index in [-0.39, 0.29) is 6.61 Å². The molecule has 0 atom stereocenters. The zero-order valence-corrected chi connectivity index (χ0v) is 7.62. The maximum atomic E-state index is 5.24. The Morgan fingerprint density at radius 3 is 1.86 bits per heavy atom. The first-order valence-corrected chi connectivity index (χ1v) is 3.40. The van der Waals surface area contributed by atoms with Crippen LogP contribution < -0.4 is 0 Å². The van der Waals surface area contributed by atoms with Gasteiger partial charge in [-0.15, -0.1) is 0 Å². The van der Waals surface area contributed by atoms with Gasteiger partial charge in [0.15, 0.2) is 0 Å². The van der Waals surface area contributed by atoms with Crippen LogP contribution in [0.25, 0.3) is 0 Å². The first-order chi connectivity index (χ1) is 3.06. The monoisotopic (exact) mass is 221 g/mol. The van der Waals surface area contributed by atoms with Crippen LogP contribution in [0.5, 0.6) is 0 Å². The van der Waals surface area contributed by atoms with Crippen LogP contribution in [0.15, 0.2) is 0 Å². The molecule has 0 spiro atoms. The van der Waals surface area contributed by atoms with E-state index in [2.05, 4.69) is 3.76 Å². The molecule has 0 amide bonds. The Bertz CT molecular complexity index is 51.4. The SMILES string of the molecule is ClC(Cl)(Cl)C[O][Ge]. The molecule has 0 aliphatic heterocycles. The van der Waals surface area contributed by atoms with Crippen molar-refractivity contribution in [2.75, 3.05) is 6.61 Å². The summed E-state index contributed by atoms with van der Waals surface area (Å²) < 4.78 is 3.26. The van der Waals surface area contributed by atoms with E-state index in [9.17, 15) is 0 Å². The zero-order valence-electron chi connectivity index (χ0n) is 3.25. The minimum atomic E-state index is -1.26. The van der Waals surface area contributed by atoms with E-state index in [1.165, 1.54) is 16.9 Å². The van der Waals surface area contributed by atoms with E-state index in [1.807, 2.05) is 0 Å². The van der Waals surface area contributed by atoms with E-state index < -0.39 is 3.79 Å². The van der Waals surface area contributed by atoms with Gasteiger partial charge < -0.3 is 0 Å². The summed E-state index contributed by atoms with van der Waals surface area (Å²) >= 11 is 17.2. The van der Waals surface area contributed by atoms with Crippen molar-refractivity contribution in [2.24, 2.45) is 0 Å². The van der Waals surface area contributed by atoms with Crippen molar-refractivity contribution < 1.29 is 3.76 Å². The van der Waals surface area contributed by atoms with Gasteiger partial charge >= 0.3 is 65.8 Å². The van der Waals surface area contributed by atoms with Crippen molar-refractivity contribution in [3.8, 4) is 0 Å². The van der Waals surface area contributed by atoms with Crippen molar-refractivity contribution >= 4 is 51.7 Å². The Hall–Kier alpha value is 1.37. The molecule has 0 rings (SSSR count). The fourth-order valence-electron chi connectivity index (χ4n) is 0.0818. The van der Waals surface area contributed by atoms with Crippen molar-refractivity contribution in [2.45, 2.75) is 3.79 Å². The van der Waals surface area contributed by atoms with Gasteiger partial charge in [0.25, 0.3) is 0 Å². The van der Waals surface area contributed by atoms with Gasteiger partial charge in [0.2, 0.25) is 0 Å². The number of alkyl halides is 3. The molecule has 41 valence electrons. The van der Waals surface area contributed by atoms with E-state index in [0.29, 0.717) is 0 Å². The van der Waals surface area contributed by atoms with E-state index in [0.717, 1.165) is 0 Å². The molecule has 1 nitrogen and oxygen atoms in total. The second-order valence-electron chi connectivity index (χ2n) is 0.904. The second kappa shape index (κ2) is 3.41. The van der Waals surface area contributed by atoms with Gasteiger partial charge in [0.05, 0.1) is 0 Å². The summed E-state index contributed by atoms with van der Waals surface area (Å²) in [4.78, 5) is 0. The third-order valence-corrected chi connectivity index (χ3v) is 0.866. The Morgan fingerprint density at radius 2 is 1.86 bits per heavy atom. The van der Waals surface area contributed by atoms with Crippen LogP contribution in [0, 0.1) is 0 Å². The molecule has 0 aromatic carbocycles. The summed E-state index contributed by atoms with van der Waals surface area (Å²) in [6.07, 6.45) is 0. The average Bonchev–Trinajstić information content (AvgIpc) is 1.30. The van der Waals surface area contributed by atoms with E-state index in [4.69, 9.17) is 34.8 Å². The molecule has 0 N–H and O–H groups in total. The van der Waals surface area contributed by atoms with Crippen molar-refractivity contribution in [1.82, 2.24) is 0 Å². The van der Waals surface area contributed by atoms with Crippen molar-refractivity contribution in [3.05, 3.63) is 0 Å². The molecule has 0 heterocycles. The van der Waals surface area contributed by atoms with Gasteiger partial charge in [-0.05, 0) is 0 Å². The molecule has 7 heavy (non-hydrogen) atoms. The normalized spacial score (nSPS) is 12.0. The third-order valence-electron chi connectivity index (χ3n) is 0.236. The summed E-state index contributed by atoms with van der Waals surface area (Å²) in [5.41, 5.74) is 0. The van der Waals surface area contributed by atoms with Gasteiger partial charge in [-0.25, -0.2) is 0 Å². The van der Waals surface area contributed by atoms with Crippen LogP contribution >= 0.6 is 34.8 Å². The topological polar surface area (TPSA) is 9.23 Å². The molecular weight excluding hydrogens is 219 g/mol. The maximum absolute atomic E-state index is 5.24.